The maximum atomic E-state index is 9.24. The summed E-state index contributed by atoms with van der Waals surface area (Å²) in [7, 11) is 1.76. The van der Waals surface area contributed by atoms with Gasteiger partial charge in [0.05, 0.1) is 5.69 Å². The first kappa shape index (κ1) is 15.4. The molecule has 0 amide bonds. The molecule has 0 aliphatic rings. The number of ether oxygens (including phenoxy) is 1. The van der Waals surface area contributed by atoms with E-state index < -0.39 is 0 Å². The Balaban J connectivity index is 2.50. The maximum Gasteiger partial charge on any atom is 0.235 e. The Morgan fingerprint density at radius 3 is 2.57 bits per heavy atom. The van der Waals surface area contributed by atoms with Crippen molar-refractivity contribution in [3.8, 4) is 17.7 Å². The van der Waals surface area contributed by atoms with Crippen molar-refractivity contribution in [2.45, 2.75) is 33.6 Å². The molecule has 0 atom stereocenters. The van der Waals surface area contributed by atoms with Gasteiger partial charge >= 0.3 is 0 Å². The molecule has 0 N–H and O–H groups in total. The van der Waals surface area contributed by atoms with Crippen molar-refractivity contribution < 1.29 is 4.74 Å². The zero-order valence-electron chi connectivity index (χ0n) is 12.9. The molecule has 0 saturated carbocycles. The number of nitriles is 1. The summed E-state index contributed by atoms with van der Waals surface area (Å²) in [4.78, 5) is 0. The van der Waals surface area contributed by atoms with E-state index >= 15 is 0 Å². The molecule has 1 heterocycles. The summed E-state index contributed by atoms with van der Waals surface area (Å²) in [6.45, 7) is 7.88. The smallest absolute Gasteiger partial charge is 0.235 e. The predicted octanol–water partition coefficient (Wildman–Crippen LogP) is 4.48. The molecule has 2 aromatic rings. The number of halogens is 1. The highest BCUT2D eigenvalue weighted by atomic mass is 35.5. The molecule has 0 unspecified atom stereocenters. The highest BCUT2D eigenvalue weighted by Gasteiger charge is 2.17. The van der Waals surface area contributed by atoms with Gasteiger partial charge in [-0.2, -0.15) is 10.4 Å². The number of aromatic nitrogens is 2. The average Bonchev–Trinajstić information content (AvgIpc) is 2.66. The van der Waals surface area contributed by atoms with E-state index in [4.69, 9.17) is 16.3 Å². The molecule has 2 rings (SSSR count). The lowest BCUT2D eigenvalue weighted by molar-refractivity contribution is 0.426. The van der Waals surface area contributed by atoms with Gasteiger partial charge in [-0.05, 0) is 43.0 Å². The first-order chi connectivity index (χ1) is 9.85. The van der Waals surface area contributed by atoms with Crippen LogP contribution in [0.25, 0.3) is 0 Å². The van der Waals surface area contributed by atoms with Crippen molar-refractivity contribution in [3.05, 3.63) is 39.5 Å². The van der Waals surface area contributed by atoms with Gasteiger partial charge in [-0.3, -0.25) is 0 Å². The third-order valence-corrected chi connectivity index (χ3v) is 3.73. The summed E-state index contributed by atoms with van der Waals surface area (Å²) in [6.07, 6.45) is 0. The molecule has 0 aliphatic heterocycles. The van der Waals surface area contributed by atoms with Crippen LogP contribution in [-0.2, 0) is 7.05 Å². The number of nitrogens with zero attached hydrogens (tertiary/aromatic N) is 3. The van der Waals surface area contributed by atoms with Gasteiger partial charge in [0.2, 0.25) is 5.88 Å². The lowest BCUT2D eigenvalue weighted by Gasteiger charge is -2.14. The van der Waals surface area contributed by atoms with Gasteiger partial charge in [0, 0.05) is 12.1 Å². The minimum atomic E-state index is 0.296. The van der Waals surface area contributed by atoms with Gasteiger partial charge in [-0.25, -0.2) is 4.68 Å². The van der Waals surface area contributed by atoms with E-state index in [1.165, 1.54) is 0 Å². The molecule has 0 saturated heterocycles. The first-order valence-corrected chi connectivity index (χ1v) is 7.14. The third-order valence-electron chi connectivity index (χ3n) is 3.40. The summed E-state index contributed by atoms with van der Waals surface area (Å²) in [5.74, 6) is 1.45. The van der Waals surface area contributed by atoms with Crippen LogP contribution in [0, 0.1) is 25.2 Å². The van der Waals surface area contributed by atoms with Gasteiger partial charge in [0.1, 0.15) is 17.4 Å². The van der Waals surface area contributed by atoms with E-state index in [1.807, 2.05) is 19.1 Å². The number of aryl methyl sites for hydroxylation is 3. The SMILES string of the molecule is Cc1cc(Cl)c(C(C)C)cc1Oc1c(C#N)c(C)nn1C. The van der Waals surface area contributed by atoms with Gasteiger partial charge < -0.3 is 4.74 Å². The number of hydrogen-bond acceptors (Lipinski definition) is 3. The molecule has 1 aromatic heterocycles. The quantitative estimate of drug-likeness (QED) is 0.840. The minimum absolute atomic E-state index is 0.296. The van der Waals surface area contributed by atoms with Gasteiger partial charge in [0.15, 0.2) is 0 Å². The topological polar surface area (TPSA) is 50.8 Å². The molecule has 110 valence electrons. The van der Waals surface area contributed by atoms with Crippen molar-refractivity contribution in [3.63, 3.8) is 0 Å². The van der Waals surface area contributed by atoms with Crippen LogP contribution in [0.2, 0.25) is 5.02 Å². The van der Waals surface area contributed by atoms with E-state index in [9.17, 15) is 5.26 Å². The standard InChI is InChI=1S/C16H18ClN3O/c1-9(2)12-7-15(10(3)6-14(12)17)21-16-13(8-18)11(4)19-20(16)5/h6-7,9H,1-5H3. The fourth-order valence-electron chi connectivity index (χ4n) is 2.21. The largest absolute Gasteiger partial charge is 0.438 e. The number of benzene rings is 1. The Kier molecular flexibility index (Phi) is 4.24. The van der Waals surface area contributed by atoms with Crippen LogP contribution in [0.5, 0.6) is 11.6 Å². The van der Waals surface area contributed by atoms with Crippen molar-refractivity contribution >= 4 is 11.6 Å². The van der Waals surface area contributed by atoms with Crippen LogP contribution in [0.3, 0.4) is 0 Å². The highest BCUT2D eigenvalue weighted by molar-refractivity contribution is 6.31. The van der Waals surface area contributed by atoms with Crippen LogP contribution < -0.4 is 4.74 Å². The molecule has 0 aliphatic carbocycles. The summed E-state index contributed by atoms with van der Waals surface area (Å²) < 4.78 is 7.53. The Morgan fingerprint density at radius 2 is 2.00 bits per heavy atom. The van der Waals surface area contributed by atoms with E-state index in [0.29, 0.717) is 28.8 Å². The second kappa shape index (κ2) is 5.79. The molecule has 0 spiro atoms. The Labute approximate surface area is 129 Å². The van der Waals surface area contributed by atoms with E-state index in [-0.39, 0.29) is 0 Å². The second-order valence-corrected chi connectivity index (χ2v) is 5.80. The third kappa shape index (κ3) is 2.88. The fourth-order valence-corrected chi connectivity index (χ4v) is 2.64. The van der Waals surface area contributed by atoms with E-state index in [2.05, 4.69) is 25.0 Å². The monoisotopic (exact) mass is 303 g/mol. The summed E-state index contributed by atoms with van der Waals surface area (Å²) in [5, 5.41) is 14.2. The Bertz CT molecular complexity index is 726. The maximum absolute atomic E-state index is 9.24. The normalized spacial score (nSPS) is 10.8. The van der Waals surface area contributed by atoms with Crippen LogP contribution in [0.15, 0.2) is 12.1 Å². The minimum Gasteiger partial charge on any atom is -0.438 e. The molecular formula is C16H18ClN3O. The molecule has 5 heteroatoms. The van der Waals surface area contributed by atoms with Crippen molar-refractivity contribution in [2.75, 3.05) is 0 Å². The van der Waals surface area contributed by atoms with Crippen LogP contribution in [-0.4, -0.2) is 9.78 Å². The lowest BCUT2D eigenvalue weighted by atomic mass is 10.0. The zero-order chi connectivity index (χ0) is 15.7. The van der Waals surface area contributed by atoms with Gasteiger partial charge in [-0.1, -0.05) is 25.4 Å². The Morgan fingerprint density at radius 1 is 1.33 bits per heavy atom. The second-order valence-electron chi connectivity index (χ2n) is 5.40. The van der Waals surface area contributed by atoms with Crippen molar-refractivity contribution in [2.24, 2.45) is 7.05 Å². The molecule has 1 aromatic carbocycles. The Hall–Kier alpha value is -1.99. The van der Waals surface area contributed by atoms with Crippen LogP contribution in [0.1, 0.15) is 42.1 Å². The number of rotatable bonds is 3. The van der Waals surface area contributed by atoms with E-state index in [1.54, 1.807) is 18.7 Å². The summed E-state index contributed by atoms with van der Waals surface area (Å²) in [6, 6.07) is 5.97. The first-order valence-electron chi connectivity index (χ1n) is 6.76. The van der Waals surface area contributed by atoms with Crippen molar-refractivity contribution in [1.82, 2.24) is 9.78 Å². The molecule has 21 heavy (non-hydrogen) atoms. The highest BCUT2D eigenvalue weighted by Crippen LogP contribution is 2.35. The lowest BCUT2D eigenvalue weighted by Crippen LogP contribution is -1.99. The number of hydrogen-bond donors (Lipinski definition) is 0. The molecule has 4 nitrogen and oxygen atoms in total. The zero-order valence-corrected chi connectivity index (χ0v) is 13.6. The molecule has 0 bridgehead atoms. The van der Waals surface area contributed by atoms with E-state index in [0.717, 1.165) is 16.1 Å². The van der Waals surface area contributed by atoms with Crippen molar-refractivity contribution in [1.29, 1.82) is 5.26 Å². The predicted molar refractivity (Wildman–Crippen MR) is 83.0 cm³/mol. The summed E-state index contributed by atoms with van der Waals surface area (Å²) >= 11 is 6.27. The molecular weight excluding hydrogens is 286 g/mol. The van der Waals surface area contributed by atoms with Gasteiger partial charge in [0.25, 0.3) is 0 Å². The van der Waals surface area contributed by atoms with Crippen LogP contribution in [0.4, 0.5) is 0 Å². The molecule has 0 fully saturated rings. The van der Waals surface area contributed by atoms with Crippen LogP contribution >= 0.6 is 11.6 Å². The summed E-state index contributed by atoms with van der Waals surface area (Å²) in [5.41, 5.74) is 3.06. The van der Waals surface area contributed by atoms with Gasteiger partial charge in [-0.15, -0.1) is 0 Å². The fraction of sp³-hybridized carbons (Fsp3) is 0.375. The average molecular weight is 304 g/mol. The molecule has 0 radical (unpaired) electrons.